The Morgan fingerprint density at radius 3 is 2.67 bits per heavy atom. The van der Waals surface area contributed by atoms with E-state index in [1.807, 2.05) is 0 Å². The van der Waals surface area contributed by atoms with Crippen molar-refractivity contribution < 1.29 is 5.11 Å². The predicted octanol–water partition coefficient (Wildman–Crippen LogP) is -0.682. The first-order chi connectivity index (χ1) is 7.09. The molecule has 0 amide bonds. The molecule has 1 heterocycles. The van der Waals surface area contributed by atoms with Gasteiger partial charge in [-0.15, -0.1) is 0 Å². The van der Waals surface area contributed by atoms with Gasteiger partial charge in [0.25, 0.3) is 0 Å². The van der Waals surface area contributed by atoms with Crippen LogP contribution in [-0.4, -0.2) is 20.3 Å². The van der Waals surface area contributed by atoms with Crippen molar-refractivity contribution in [3.63, 3.8) is 0 Å². The molecule has 0 aliphatic heterocycles. The van der Waals surface area contributed by atoms with Crippen LogP contribution in [0.3, 0.4) is 0 Å². The summed E-state index contributed by atoms with van der Waals surface area (Å²) in [6, 6.07) is 0. The summed E-state index contributed by atoms with van der Waals surface area (Å²) in [5, 5.41) is 9.66. The predicted molar refractivity (Wildman–Crippen MR) is 54.7 cm³/mol. The fourth-order valence-corrected chi connectivity index (χ4v) is 1.56. The van der Waals surface area contributed by atoms with Gasteiger partial charge in [0.1, 0.15) is 0 Å². The second kappa shape index (κ2) is 3.66. The average molecular weight is 210 g/mol. The number of aliphatic hydroxyl groups excluding tert-OH is 1. The van der Waals surface area contributed by atoms with Crippen LogP contribution in [0, 0.1) is 5.92 Å². The minimum absolute atomic E-state index is 0.222. The molecular formula is C10H14N2O3. The molecule has 0 saturated heterocycles. The number of hydrogen-bond donors (Lipinski definition) is 1. The number of aliphatic hydroxyl groups is 1. The van der Waals surface area contributed by atoms with E-state index < -0.39 is 17.2 Å². The summed E-state index contributed by atoms with van der Waals surface area (Å²) in [5.41, 5.74) is -1.12. The average Bonchev–Trinajstić information content (AvgIpc) is 3.02. The molecule has 1 aliphatic rings. The van der Waals surface area contributed by atoms with Crippen LogP contribution in [0.1, 0.15) is 12.8 Å². The molecule has 0 aromatic carbocycles. The highest BCUT2D eigenvalue weighted by Crippen LogP contribution is 2.32. The van der Waals surface area contributed by atoms with Gasteiger partial charge in [-0.25, -0.2) is 0 Å². The lowest BCUT2D eigenvalue weighted by molar-refractivity contribution is 0.130. The Kier molecular flexibility index (Phi) is 2.48. The zero-order valence-corrected chi connectivity index (χ0v) is 8.59. The lowest BCUT2D eigenvalue weighted by Gasteiger charge is -2.11. The fraction of sp³-hybridized carbons (Fsp3) is 0.600. The third kappa shape index (κ3) is 2.02. The second-order valence-electron chi connectivity index (χ2n) is 4.08. The van der Waals surface area contributed by atoms with E-state index in [4.69, 9.17) is 0 Å². The van der Waals surface area contributed by atoms with Crippen molar-refractivity contribution >= 4 is 0 Å². The van der Waals surface area contributed by atoms with Crippen LogP contribution >= 0.6 is 0 Å². The molecule has 1 N–H and O–H groups in total. The van der Waals surface area contributed by atoms with Crippen LogP contribution in [-0.2, 0) is 13.6 Å². The van der Waals surface area contributed by atoms with Crippen molar-refractivity contribution in [2.45, 2.75) is 25.5 Å². The van der Waals surface area contributed by atoms with Crippen molar-refractivity contribution in [2.75, 3.05) is 0 Å². The summed E-state index contributed by atoms with van der Waals surface area (Å²) in [5.74, 6) is 0.306. The molecule has 1 fully saturated rings. The fourth-order valence-electron chi connectivity index (χ4n) is 1.56. The first kappa shape index (κ1) is 10.2. The van der Waals surface area contributed by atoms with Crippen molar-refractivity contribution in [1.82, 2.24) is 9.13 Å². The van der Waals surface area contributed by atoms with E-state index in [-0.39, 0.29) is 6.54 Å². The van der Waals surface area contributed by atoms with Gasteiger partial charge in [-0.05, 0) is 18.8 Å². The Morgan fingerprint density at radius 2 is 2.07 bits per heavy atom. The number of nitrogens with zero attached hydrogens (tertiary/aromatic N) is 2. The molecule has 1 aromatic rings. The lowest BCUT2D eigenvalue weighted by atomic mass is 10.2. The van der Waals surface area contributed by atoms with E-state index in [0.29, 0.717) is 5.92 Å². The molecule has 1 atom stereocenters. The highest BCUT2D eigenvalue weighted by Gasteiger charge is 2.30. The van der Waals surface area contributed by atoms with Crippen LogP contribution in [0.25, 0.3) is 0 Å². The highest BCUT2D eigenvalue weighted by molar-refractivity contribution is 4.88. The highest BCUT2D eigenvalue weighted by atomic mass is 16.3. The number of aromatic nitrogens is 2. The third-order valence-corrected chi connectivity index (χ3v) is 2.78. The van der Waals surface area contributed by atoms with Crippen molar-refractivity contribution in [1.29, 1.82) is 0 Å². The summed E-state index contributed by atoms with van der Waals surface area (Å²) in [6.45, 7) is 0.222. The van der Waals surface area contributed by atoms with E-state index in [0.717, 1.165) is 12.8 Å². The maximum absolute atomic E-state index is 11.5. The number of aryl methyl sites for hydroxylation is 1. The minimum Gasteiger partial charge on any atom is -0.391 e. The van der Waals surface area contributed by atoms with E-state index in [1.165, 1.54) is 28.6 Å². The molecule has 2 rings (SSSR count). The molecule has 1 saturated carbocycles. The summed E-state index contributed by atoms with van der Waals surface area (Å²) in [7, 11) is 1.53. The van der Waals surface area contributed by atoms with Crippen molar-refractivity contribution in [2.24, 2.45) is 13.0 Å². The Balaban J connectivity index is 2.25. The van der Waals surface area contributed by atoms with Crippen LogP contribution in [0.5, 0.6) is 0 Å². The summed E-state index contributed by atoms with van der Waals surface area (Å²) < 4.78 is 2.52. The van der Waals surface area contributed by atoms with E-state index in [9.17, 15) is 14.7 Å². The molecular weight excluding hydrogens is 196 g/mol. The Bertz CT molecular complexity index is 470. The normalized spacial score (nSPS) is 17.7. The van der Waals surface area contributed by atoms with Crippen molar-refractivity contribution in [3.8, 4) is 0 Å². The van der Waals surface area contributed by atoms with Gasteiger partial charge in [-0.3, -0.25) is 9.59 Å². The Labute approximate surface area is 86.6 Å². The molecule has 1 unspecified atom stereocenters. The minimum atomic E-state index is -0.570. The quantitative estimate of drug-likeness (QED) is 0.672. The smallest absolute Gasteiger partial charge is 0.316 e. The first-order valence-corrected chi connectivity index (χ1v) is 5.03. The van der Waals surface area contributed by atoms with Crippen molar-refractivity contribution in [3.05, 3.63) is 33.1 Å². The van der Waals surface area contributed by atoms with Gasteiger partial charge < -0.3 is 14.2 Å². The maximum atomic E-state index is 11.5. The van der Waals surface area contributed by atoms with Gasteiger partial charge in [-0.1, -0.05) is 0 Å². The van der Waals surface area contributed by atoms with Gasteiger partial charge in [0, 0.05) is 19.4 Å². The molecule has 5 heteroatoms. The molecule has 82 valence electrons. The second-order valence-corrected chi connectivity index (χ2v) is 4.08. The molecule has 5 nitrogen and oxygen atoms in total. The van der Waals surface area contributed by atoms with Crippen LogP contribution in [0.2, 0.25) is 0 Å². The van der Waals surface area contributed by atoms with Gasteiger partial charge in [0.2, 0.25) is 0 Å². The maximum Gasteiger partial charge on any atom is 0.316 e. The summed E-state index contributed by atoms with van der Waals surface area (Å²) in [4.78, 5) is 22.8. The third-order valence-electron chi connectivity index (χ3n) is 2.78. The molecule has 15 heavy (non-hydrogen) atoms. The standard InChI is InChI=1S/C10H14N2O3/c1-11-4-5-12(10(15)9(11)14)6-8(13)7-2-3-7/h4-5,7-8,13H,2-3,6H2,1H3. The Hall–Kier alpha value is -1.36. The van der Waals surface area contributed by atoms with Gasteiger partial charge >= 0.3 is 11.1 Å². The SMILES string of the molecule is Cn1ccn(CC(O)C2CC2)c(=O)c1=O. The van der Waals surface area contributed by atoms with Crippen LogP contribution in [0.15, 0.2) is 22.0 Å². The zero-order chi connectivity index (χ0) is 11.0. The van der Waals surface area contributed by atoms with E-state index in [2.05, 4.69) is 0 Å². The molecule has 0 spiro atoms. The molecule has 1 aliphatic carbocycles. The summed E-state index contributed by atoms with van der Waals surface area (Å²) >= 11 is 0. The Morgan fingerprint density at radius 1 is 1.40 bits per heavy atom. The molecule has 0 radical (unpaired) electrons. The molecule has 0 bridgehead atoms. The van der Waals surface area contributed by atoms with Crippen LogP contribution in [0.4, 0.5) is 0 Å². The topological polar surface area (TPSA) is 64.2 Å². The summed E-state index contributed by atoms with van der Waals surface area (Å²) in [6.07, 6.45) is 4.59. The van der Waals surface area contributed by atoms with E-state index >= 15 is 0 Å². The monoisotopic (exact) mass is 210 g/mol. The lowest BCUT2D eigenvalue weighted by Crippen LogP contribution is -2.41. The van der Waals surface area contributed by atoms with Crippen LogP contribution < -0.4 is 11.1 Å². The van der Waals surface area contributed by atoms with Gasteiger partial charge in [0.05, 0.1) is 12.6 Å². The first-order valence-electron chi connectivity index (χ1n) is 5.03. The molecule has 1 aromatic heterocycles. The number of rotatable bonds is 3. The van der Waals surface area contributed by atoms with E-state index in [1.54, 1.807) is 0 Å². The zero-order valence-electron chi connectivity index (χ0n) is 8.59. The largest absolute Gasteiger partial charge is 0.391 e. The van der Waals surface area contributed by atoms with Gasteiger partial charge in [0.15, 0.2) is 0 Å². The van der Waals surface area contributed by atoms with Gasteiger partial charge in [-0.2, -0.15) is 0 Å². The number of hydrogen-bond acceptors (Lipinski definition) is 3.